The van der Waals surface area contributed by atoms with Crippen LogP contribution in [0, 0.1) is 0 Å². The van der Waals surface area contributed by atoms with Gasteiger partial charge in [0.05, 0.1) is 22.4 Å². The summed E-state index contributed by atoms with van der Waals surface area (Å²) in [6, 6.07) is 5.93. The van der Waals surface area contributed by atoms with Crippen LogP contribution in [0.5, 0.6) is 0 Å². The summed E-state index contributed by atoms with van der Waals surface area (Å²) in [5, 5.41) is 7.86. The van der Waals surface area contributed by atoms with Gasteiger partial charge in [0.2, 0.25) is 5.91 Å². The lowest BCUT2D eigenvalue weighted by molar-refractivity contribution is -0.114. The third kappa shape index (κ3) is 3.07. The summed E-state index contributed by atoms with van der Waals surface area (Å²) in [7, 11) is 3.87. The fourth-order valence-corrected chi connectivity index (χ4v) is 3.06. The largest absolute Gasteiger partial charge is 0.388 e. The normalized spacial score (nSPS) is 10.8. The van der Waals surface area contributed by atoms with E-state index in [4.69, 9.17) is 4.98 Å². The molecular weight excluding hydrogens is 322 g/mol. The molecular formula is C17H19N5OS. The molecule has 0 aliphatic heterocycles. The maximum absolute atomic E-state index is 11.3. The minimum absolute atomic E-state index is 0.140. The van der Waals surface area contributed by atoms with Gasteiger partial charge in [0, 0.05) is 43.9 Å². The van der Waals surface area contributed by atoms with E-state index in [0.29, 0.717) is 5.82 Å². The van der Waals surface area contributed by atoms with Gasteiger partial charge in [-0.15, -0.1) is 11.8 Å². The summed E-state index contributed by atoms with van der Waals surface area (Å²) in [5.74, 6) is 0.400. The van der Waals surface area contributed by atoms with Crippen LogP contribution in [0.15, 0.2) is 35.6 Å². The number of pyridine rings is 2. The molecule has 0 saturated heterocycles. The molecule has 0 aliphatic rings. The second kappa shape index (κ2) is 6.52. The van der Waals surface area contributed by atoms with Gasteiger partial charge in [-0.1, -0.05) is 0 Å². The first-order valence-electron chi connectivity index (χ1n) is 7.48. The SMILES string of the molecule is CNc1cc(SC)nc(-c2cn(C)c3cnc(NC(C)=O)cc23)c1. The van der Waals surface area contributed by atoms with Crippen LogP contribution >= 0.6 is 11.8 Å². The average Bonchev–Trinajstić information content (AvgIpc) is 2.90. The zero-order chi connectivity index (χ0) is 17.3. The van der Waals surface area contributed by atoms with Crippen molar-refractivity contribution in [1.82, 2.24) is 14.5 Å². The van der Waals surface area contributed by atoms with Crippen LogP contribution in [0.4, 0.5) is 11.5 Å². The van der Waals surface area contributed by atoms with Crippen LogP contribution in [0.3, 0.4) is 0 Å². The van der Waals surface area contributed by atoms with Crippen LogP contribution in [0.1, 0.15) is 6.92 Å². The van der Waals surface area contributed by atoms with Crippen LogP contribution in [0.2, 0.25) is 0 Å². The van der Waals surface area contributed by atoms with E-state index in [-0.39, 0.29) is 5.91 Å². The fourth-order valence-electron chi connectivity index (χ4n) is 2.62. The number of amides is 1. The quantitative estimate of drug-likeness (QED) is 0.712. The summed E-state index contributed by atoms with van der Waals surface area (Å²) in [4.78, 5) is 20.3. The van der Waals surface area contributed by atoms with Gasteiger partial charge in [0.25, 0.3) is 0 Å². The van der Waals surface area contributed by atoms with Crippen molar-refractivity contribution in [1.29, 1.82) is 0 Å². The fraction of sp³-hybridized carbons (Fsp3) is 0.235. The van der Waals surface area contributed by atoms with Crippen molar-refractivity contribution in [2.24, 2.45) is 7.05 Å². The van der Waals surface area contributed by atoms with Gasteiger partial charge in [-0.3, -0.25) is 4.79 Å². The van der Waals surface area contributed by atoms with Crippen molar-refractivity contribution in [3.8, 4) is 11.3 Å². The van der Waals surface area contributed by atoms with Crippen LogP contribution < -0.4 is 10.6 Å². The first-order valence-corrected chi connectivity index (χ1v) is 8.71. The lowest BCUT2D eigenvalue weighted by Crippen LogP contribution is -2.07. The standard InChI is InChI=1S/C17H19N5OS/c1-10(23)20-16-7-12-13(9-22(3)15(12)8-19-16)14-5-11(18-2)6-17(21-14)24-4/h5-9H,1-4H3,(H,18,21)(H,19,20,23). The number of aryl methyl sites for hydroxylation is 1. The molecule has 3 heterocycles. The van der Waals surface area contributed by atoms with Gasteiger partial charge in [0.15, 0.2) is 0 Å². The molecule has 3 aromatic heterocycles. The Labute approximate surface area is 144 Å². The molecule has 6 nitrogen and oxygen atoms in total. The topological polar surface area (TPSA) is 71.8 Å². The first-order chi connectivity index (χ1) is 11.5. The summed E-state index contributed by atoms with van der Waals surface area (Å²) >= 11 is 1.60. The first kappa shape index (κ1) is 16.3. The number of rotatable bonds is 4. The zero-order valence-corrected chi connectivity index (χ0v) is 14.9. The molecule has 0 saturated carbocycles. The Morgan fingerprint density at radius 3 is 2.75 bits per heavy atom. The summed E-state index contributed by atoms with van der Waals surface area (Å²) in [6.07, 6.45) is 5.81. The minimum Gasteiger partial charge on any atom is -0.388 e. The molecule has 3 aromatic rings. The summed E-state index contributed by atoms with van der Waals surface area (Å²) in [6.45, 7) is 1.47. The van der Waals surface area contributed by atoms with Gasteiger partial charge in [-0.25, -0.2) is 9.97 Å². The molecule has 7 heteroatoms. The van der Waals surface area contributed by atoms with Gasteiger partial charge < -0.3 is 15.2 Å². The Balaban J connectivity index is 2.20. The van der Waals surface area contributed by atoms with Gasteiger partial charge in [-0.05, 0) is 24.5 Å². The lowest BCUT2D eigenvalue weighted by Gasteiger charge is -2.07. The van der Waals surface area contributed by atoms with Gasteiger partial charge >= 0.3 is 0 Å². The third-order valence-corrected chi connectivity index (χ3v) is 4.38. The number of anilines is 2. The summed E-state index contributed by atoms with van der Waals surface area (Å²) < 4.78 is 2.02. The van der Waals surface area contributed by atoms with Crippen molar-refractivity contribution >= 4 is 40.1 Å². The van der Waals surface area contributed by atoms with E-state index in [1.807, 2.05) is 49.3 Å². The molecule has 124 valence electrons. The Morgan fingerprint density at radius 1 is 1.29 bits per heavy atom. The number of hydrogen-bond donors (Lipinski definition) is 2. The Morgan fingerprint density at radius 2 is 2.08 bits per heavy atom. The monoisotopic (exact) mass is 341 g/mol. The maximum atomic E-state index is 11.3. The van der Waals surface area contributed by atoms with E-state index >= 15 is 0 Å². The van der Waals surface area contributed by atoms with Crippen molar-refractivity contribution in [2.75, 3.05) is 23.9 Å². The summed E-state index contributed by atoms with van der Waals surface area (Å²) in [5.41, 5.74) is 3.89. The Hall–Kier alpha value is -2.54. The Bertz CT molecular complexity index is 896. The minimum atomic E-state index is -0.140. The number of aromatic nitrogens is 3. The van der Waals surface area contributed by atoms with Crippen molar-refractivity contribution in [2.45, 2.75) is 11.9 Å². The molecule has 0 bridgehead atoms. The molecule has 0 atom stereocenters. The number of thioether (sulfide) groups is 1. The molecule has 0 aromatic carbocycles. The highest BCUT2D eigenvalue weighted by molar-refractivity contribution is 7.98. The predicted octanol–water partition coefficient (Wildman–Crippen LogP) is 3.36. The van der Waals surface area contributed by atoms with Crippen LogP contribution in [-0.2, 0) is 11.8 Å². The number of nitrogens with one attached hydrogen (secondary N) is 2. The third-order valence-electron chi connectivity index (χ3n) is 3.76. The molecule has 3 rings (SSSR count). The number of fused-ring (bicyclic) bond motifs is 1. The smallest absolute Gasteiger partial charge is 0.222 e. The number of carbonyl (C=O) groups is 1. The van der Waals surface area contributed by atoms with Crippen molar-refractivity contribution in [3.05, 3.63) is 30.6 Å². The van der Waals surface area contributed by atoms with E-state index in [2.05, 4.69) is 15.6 Å². The molecule has 24 heavy (non-hydrogen) atoms. The molecule has 0 spiro atoms. The second-order valence-corrected chi connectivity index (χ2v) is 6.28. The molecule has 0 fully saturated rings. The highest BCUT2D eigenvalue weighted by atomic mass is 32.2. The molecule has 2 N–H and O–H groups in total. The predicted molar refractivity (Wildman–Crippen MR) is 99.6 cm³/mol. The van der Waals surface area contributed by atoms with Crippen LogP contribution in [0.25, 0.3) is 22.2 Å². The number of carbonyl (C=O) groups excluding carboxylic acids is 1. The second-order valence-electron chi connectivity index (χ2n) is 5.45. The average molecular weight is 341 g/mol. The van der Waals surface area contributed by atoms with E-state index in [1.165, 1.54) is 6.92 Å². The van der Waals surface area contributed by atoms with Crippen LogP contribution in [-0.4, -0.2) is 33.7 Å². The van der Waals surface area contributed by atoms with Crippen molar-refractivity contribution in [3.63, 3.8) is 0 Å². The number of hydrogen-bond acceptors (Lipinski definition) is 5. The van der Waals surface area contributed by atoms with Gasteiger partial charge in [-0.2, -0.15) is 0 Å². The lowest BCUT2D eigenvalue weighted by atomic mass is 10.1. The molecule has 0 radical (unpaired) electrons. The maximum Gasteiger partial charge on any atom is 0.222 e. The highest BCUT2D eigenvalue weighted by Gasteiger charge is 2.13. The molecule has 1 amide bonds. The molecule has 0 aliphatic carbocycles. The molecule has 0 unspecified atom stereocenters. The Kier molecular flexibility index (Phi) is 4.44. The number of nitrogens with zero attached hydrogens (tertiary/aromatic N) is 3. The van der Waals surface area contributed by atoms with E-state index < -0.39 is 0 Å². The van der Waals surface area contributed by atoms with Gasteiger partial charge in [0.1, 0.15) is 5.82 Å². The van der Waals surface area contributed by atoms with E-state index in [1.54, 1.807) is 18.0 Å². The van der Waals surface area contributed by atoms with E-state index in [0.717, 1.165) is 32.9 Å². The van der Waals surface area contributed by atoms with E-state index in [9.17, 15) is 4.79 Å². The highest BCUT2D eigenvalue weighted by Crippen LogP contribution is 2.32. The van der Waals surface area contributed by atoms with Crippen molar-refractivity contribution < 1.29 is 4.79 Å². The zero-order valence-electron chi connectivity index (χ0n) is 14.0.